The van der Waals surface area contributed by atoms with Gasteiger partial charge in [-0.15, -0.1) is 0 Å². The fraction of sp³-hybridized carbons (Fsp3) is 0.100. The second-order valence-corrected chi connectivity index (χ2v) is 5.71. The van der Waals surface area contributed by atoms with E-state index in [0.29, 0.717) is 28.6 Å². The van der Waals surface area contributed by atoms with Crippen LogP contribution in [-0.2, 0) is 0 Å². The van der Waals surface area contributed by atoms with Crippen LogP contribution in [0.25, 0.3) is 33.7 Å². The Morgan fingerprint density at radius 3 is 2.38 bits per heavy atom. The van der Waals surface area contributed by atoms with Gasteiger partial charge in [-0.1, -0.05) is 18.2 Å². The maximum atomic E-state index is 5.94. The van der Waals surface area contributed by atoms with Gasteiger partial charge >= 0.3 is 0 Å². The smallest absolute Gasteiger partial charge is 0.221 e. The average Bonchev–Trinajstić information content (AvgIpc) is 3.11. The number of hydrogen-bond acceptors (Lipinski definition) is 6. The van der Waals surface area contributed by atoms with Crippen molar-refractivity contribution in [3.05, 3.63) is 54.6 Å². The molecule has 2 heterocycles. The van der Waals surface area contributed by atoms with Crippen LogP contribution in [0.1, 0.15) is 0 Å². The lowest BCUT2D eigenvalue weighted by Crippen LogP contribution is -1.99. The number of nitrogen functional groups attached to an aromatic ring is 1. The van der Waals surface area contributed by atoms with E-state index in [4.69, 9.17) is 19.6 Å². The van der Waals surface area contributed by atoms with Gasteiger partial charge in [-0.3, -0.25) is 0 Å². The molecule has 0 bridgehead atoms. The number of furan rings is 1. The van der Waals surface area contributed by atoms with Gasteiger partial charge in [0.1, 0.15) is 11.3 Å². The van der Waals surface area contributed by atoms with Gasteiger partial charge in [0.05, 0.1) is 19.9 Å². The predicted molar refractivity (Wildman–Crippen MR) is 100 cm³/mol. The zero-order valence-electron chi connectivity index (χ0n) is 14.4. The van der Waals surface area contributed by atoms with Gasteiger partial charge in [-0.05, 0) is 36.4 Å². The first-order chi connectivity index (χ1) is 12.7. The second-order valence-electron chi connectivity index (χ2n) is 5.71. The number of aromatic nitrogens is 2. The summed E-state index contributed by atoms with van der Waals surface area (Å²) in [5.74, 6) is 2.08. The van der Waals surface area contributed by atoms with Crippen LogP contribution in [0.4, 0.5) is 5.95 Å². The molecular formula is C20H17N3O3. The lowest BCUT2D eigenvalue weighted by molar-refractivity contribution is 0.355. The van der Waals surface area contributed by atoms with E-state index in [0.717, 1.165) is 16.5 Å². The van der Waals surface area contributed by atoms with E-state index >= 15 is 0 Å². The number of hydrogen-bond donors (Lipinski definition) is 1. The summed E-state index contributed by atoms with van der Waals surface area (Å²) in [5, 5.41) is 1.01. The first kappa shape index (κ1) is 16.0. The van der Waals surface area contributed by atoms with E-state index in [1.165, 1.54) is 0 Å². The van der Waals surface area contributed by atoms with Crippen LogP contribution < -0.4 is 15.2 Å². The largest absolute Gasteiger partial charge is 0.493 e. The van der Waals surface area contributed by atoms with Crippen molar-refractivity contribution in [1.82, 2.24) is 9.97 Å². The molecule has 4 rings (SSSR count). The molecule has 2 N–H and O–H groups in total. The highest BCUT2D eigenvalue weighted by Gasteiger charge is 2.13. The summed E-state index contributed by atoms with van der Waals surface area (Å²) in [5.41, 5.74) is 8.87. The first-order valence-corrected chi connectivity index (χ1v) is 8.04. The number of para-hydroxylation sites is 1. The highest BCUT2D eigenvalue weighted by Crippen LogP contribution is 2.34. The summed E-state index contributed by atoms with van der Waals surface area (Å²) in [4.78, 5) is 8.66. The van der Waals surface area contributed by atoms with E-state index in [2.05, 4.69) is 9.97 Å². The Morgan fingerprint density at radius 1 is 0.846 bits per heavy atom. The van der Waals surface area contributed by atoms with E-state index in [9.17, 15) is 0 Å². The number of nitrogens with zero attached hydrogens (tertiary/aromatic N) is 2. The molecule has 0 saturated carbocycles. The molecule has 0 radical (unpaired) electrons. The molecule has 0 saturated heterocycles. The van der Waals surface area contributed by atoms with Gasteiger partial charge in [0.25, 0.3) is 0 Å². The molecule has 26 heavy (non-hydrogen) atoms. The normalized spacial score (nSPS) is 10.8. The number of anilines is 1. The standard InChI is InChI=1S/C20H17N3O3/c1-24-17-8-7-12(9-19(17)25-2)14-11-15(23-20(21)22-14)18-10-13-5-3-4-6-16(13)26-18/h3-11H,1-2H3,(H2,21,22,23). The minimum Gasteiger partial charge on any atom is -0.493 e. The number of ether oxygens (including phenoxy) is 2. The van der Waals surface area contributed by atoms with Crippen molar-refractivity contribution >= 4 is 16.9 Å². The van der Waals surface area contributed by atoms with E-state index < -0.39 is 0 Å². The molecule has 0 aliphatic heterocycles. The summed E-state index contributed by atoms with van der Waals surface area (Å²) in [7, 11) is 3.19. The third-order valence-corrected chi connectivity index (χ3v) is 4.10. The number of benzene rings is 2. The molecule has 2 aromatic carbocycles. The Hall–Kier alpha value is -3.54. The first-order valence-electron chi connectivity index (χ1n) is 8.04. The SMILES string of the molecule is COc1ccc(-c2cc(-c3cc4ccccc4o3)nc(N)n2)cc1OC. The number of methoxy groups -OCH3 is 2. The number of nitrogens with two attached hydrogens (primary N) is 1. The second kappa shape index (κ2) is 6.40. The molecule has 0 spiro atoms. The van der Waals surface area contributed by atoms with Crippen molar-refractivity contribution in [3.63, 3.8) is 0 Å². The molecule has 0 amide bonds. The Bertz CT molecular complexity index is 1060. The van der Waals surface area contributed by atoms with Crippen molar-refractivity contribution in [3.8, 4) is 34.2 Å². The number of fused-ring (bicyclic) bond motifs is 1. The summed E-state index contributed by atoms with van der Waals surface area (Å²) in [6.07, 6.45) is 0. The fourth-order valence-electron chi connectivity index (χ4n) is 2.84. The predicted octanol–water partition coefficient (Wildman–Crippen LogP) is 4.16. The fourth-order valence-corrected chi connectivity index (χ4v) is 2.84. The lowest BCUT2D eigenvalue weighted by atomic mass is 10.1. The van der Waals surface area contributed by atoms with Crippen molar-refractivity contribution < 1.29 is 13.9 Å². The minimum atomic E-state index is 0.174. The van der Waals surface area contributed by atoms with Crippen LogP contribution in [0.3, 0.4) is 0 Å². The lowest BCUT2D eigenvalue weighted by Gasteiger charge is -2.10. The van der Waals surface area contributed by atoms with Crippen LogP contribution in [0.15, 0.2) is 59.0 Å². The highest BCUT2D eigenvalue weighted by molar-refractivity contribution is 5.82. The number of rotatable bonds is 4. The van der Waals surface area contributed by atoms with Crippen LogP contribution in [0.5, 0.6) is 11.5 Å². The Labute approximate surface area is 150 Å². The summed E-state index contributed by atoms with van der Waals surface area (Å²) < 4.78 is 16.5. The molecule has 0 aliphatic rings. The topological polar surface area (TPSA) is 83.4 Å². The summed E-state index contributed by atoms with van der Waals surface area (Å²) in [6, 6.07) is 17.2. The van der Waals surface area contributed by atoms with Crippen LogP contribution in [0.2, 0.25) is 0 Å². The molecule has 0 aliphatic carbocycles. The van der Waals surface area contributed by atoms with Crippen LogP contribution in [-0.4, -0.2) is 24.2 Å². The summed E-state index contributed by atoms with van der Waals surface area (Å²) in [6.45, 7) is 0. The Kier molecular flexibility index (Phi) is 3.93. The average molecular weight is 347 g/mol. The van der Waals surface area contributed by atoms with Gasteiger partial charge in [0.2, 0.25) is 5.95 Å². The molecule has 6 nitrogen and oxygen atoms in total. The molecule has 0 fully saturated rings. The van der Waals surface area contributed by atoms with Gasteiger partial charge in [0, 0.05) is 10.9 Å². The zero-order chi connectivity index (χ0) is 18.1. The quantitative estimate of drug-likeness (QED) is 0.597. The van der Waals surface area contributed by atoms with E-state index in [1.807, 2.05) is 54.6 Å². The van der Waals surface area contributed by atoms with Gasteiger partial charge in [-0.25, -0.2) is 9.97 Å². The monoisotopic (exact) mass is 347 g/mol. The Morgan fingerprint density at radius 2 is 1.62 bits per heavy atom. The molecule has 2 aromatic heterocycles. The van der Waals surface area contributed by atoms with Gasteiger partial charge in [0.15, 0.2) is 17.3 Å². The van der Waals surface area contributed by atoms with E-state index in [1.54, 1.807) is 14.2 Å². The van der Waals surface area contributed by atoms with Crippen molar-refractivity contribution in [2.45, 2.75) is 0 Å². The van der Waals surface area contributed by atoms with Crippen molar-refractivity contribution in [2.75, 3.05) is 20.0 Å². The zero-order valence-corrected chi connectivity index (χ0v) is 14.4. The third kappa shape index (κ3) is 2.82. The maximum absolute atomic E-state index is 5.94. The van der Waals surface area contributed by atoms with Crippen molar-refractivity contribution in [2.24, 2.45) is 0 Å². The minimum absolute atomic E-state index is 0.174. The molecule has 0 atom stereocenters. The molecule has 4 aromatic rings. The molecule has 0 unspecified atom stereocenters. The van der Waals surface area contributed by atoms with E-state index in [-0.39, 0.29) is 5.95 Å². The van der Waals surface area contributed by atoms with Crippen molar-refractivity contribution in [1.29, 1.82) is 0 Å². The van der Waals surface area contributed by atoms with Gasteiger partial charge in [-0.2, -0.15) is 0 Å². The van der Waals surface area contributed by atoms with Crippen LogP contribution >= 0.6 is 0 Å². The highest BCUT2D eigenvalue weighted by atomic mass is 16.5. The van der Waals surface area contributed by atoms with Crippen LogP contribution in [0, 0.1) is 0 Å². The molecular weight excluding hydrogens is 330 g/mol. The Balaban J connectivity index is 1.81. The van der Waals surface area contributed by atoms with Gasteiger partial charge < -0.3 is 19.6 Å². The maximum Gasteiger partial charge on any atom is 0.221 e. The molecule has 130 valence electrons. The summed E-state index contributed by atoms with van der Waals surface area (Å²) >= 11 is 0. The third-order valence-electron chi connectivity index (χ3n) is 4.10. The molecule has 6 heteroatoms.